The van der Waals surface area contributed by atoms with E-state index in [1.165, 1.54) is 11.1 Å². The van der Waals surface area contributed by atoms with Crippen molar-refractivity contribution in [2.75, 3.05) is 13.2 Å². The number of aryl methyl sites for hydroxylation is 2. The van der Waals surface area contributed by atoms with Gasteiger partial charge in [0.25, 0.3) is 5.91 Å². The molecule has 5 rings (SSSR count). The Bertz CT molecular complexity index is 1770. The van der Waals surface area contributed by atoms with Gasteiger partial charge >= 0.3 is 12.1 Å². The summed E-state index contributed by atoms with van der Waals surface area (Å²) in [5.74, 6) is -1.61. The van der Waals surface area contributed by atoms with Crippen molar-refractivity contribution in [3.8, 4) is 11.1 Å². The Morgan fingerprint density at radius 3 is 2.06 bits per heavy atom. The number of carboxylic acids is 1. The van der Waals surface area contributed by atoms with Gasteiger partial charge in [-0.15, -0.1) is 0 Å². The second-order valence-corrected chi connectivity index (χ2v) is 13.5. The highest BCUT2D eigenvalue weighted by Gasteiger charge is 2.29. The molecule has 1 aliphatic rings. The van der Waals surface area contributed by atoms with E-state index in [-0.39, 0.29) is 18.4 Å². The van der Waals surface area contributed by atoms with E-state index in [1.54, 1.807) is 24.3 Å². The smallest absolute Gasteiger partial charge is 0.407 e. The first-order valence-electron chi connectivity index (χ1n) is 17.4. The Morgan fingerprint density at radius 1 is 0.784 bits per heavy atom. The van der Waals surface area contributed by atoms with Crippen molar-refractivity contribution in [1.29, 1.82) is 0 Å². The molecular weight excluding hydrogens is 663 g/mol. The number of hydrogen-bond donors (Lipinski definition) is 5. The maximum absolute atomic E-state index is 13.0. The molecule has 51 heavy (non-hydrogen) atoms. The molecule has 9 nitrogen and oxygen atoms in total. The highest BCUT2D eigenvalue weighted by Crippen LogP contribution is 2.44. The van der Waals surface area contributed by atoms with E-state index in [4.69, 9.17) is 4.74 Å². The lowest BCUT2D eigenvalue weighted by molar-refractivity contribution is -0.136. The van der Waals surface area contributed by atoms with Gasteiger partial charge in [0.1, 0.15) is 11.9 Å². The molecule has 10 heteroatoms. The summed E-state index contributed by atoms with van der Waals surface area (Å²) in [7, 11) is 0. The number of amides is 3. The van der Waals surface area contributed by atoms with Gasteiger partial charge < -0.3 is 25.8 Å². The van der Waals surface area contributed by atoms with Crippen molar-refractivity contribution < 1.29 is 29.0 Å². The monoisotopic (exact) mass is 707 g/mol. The third-order valence-electron chi connectivity index (χ3n) is 9.20. The van der Waals surface area contributed by atoms with Gasteiger partial charge in [0.15, 0.2) is 0 Å². The van der Waals surface area contributed by atoms with Gasteiger partial charge in [0, 0.05) is 31.0 Å². The number of ether oxygens (including phenoxy) is 1. The Labute approximate surface area is 304 Å². The zero-order valence-electron chi connectivity index (χ0n) is 28.8. The van der Waals surface area contributed by atoms with Gasteiger partial charge in [0.05, 0.1) is 6.04 Å². The molecule has 4 aromatic rings. The summed E-state index contributed by atoms with van der Waals surface area (Å²) in [5.41, 5.74) is 8.23. The number of fused-ring (bicyclic) bond motifs is 3. The first-order chi connectivity index (χ1) is 24.7. The van der Waals surface area contributed by atoms with Gasteiger partial charge in [-0.2, -0.15) is 12.6 Å². The van der Waals surface area contributed by atoms with Crippen LogP contribution in [0.15, 0.2) is 97.1 Å². The number of alkyl carbamates (subject to hydrolysis) is 1. The zero-order chi connectivity index (χ0) is 36.2. The van der Waals surface area contributed by atoms with E-state index < -0.39 is 29.3 Å². The number of carbonyl (C=O) groups is 4. The molecule has 0 saturated carbocycles. The quantitative estimate of drug-likeness (QED) is 0.0604. The molecule has 2 unspecified atom stereocenters. The van der Waals surface area contributed by atoms with Crippen LogP contribution in [-0.4, -0.2) is 53.4 Å². The fraction of sp³-hybridized carbons (Fsp3) is 0.317. The highest BCUT2D eigenvalue weighted by molar-refractivity contribution is 7.81. The van der Waals surface area contributed by atoms with Gasteiger partial charge in [-0.05, 0) is 84.5 Å². The van der Waals surface area contributed by atoms with Crippen LogP contribution < -0.4 is 16.0 Å². The number of aliphatic carboxylic acids is 1. The summed E-state index contributed by atoms with van der Waals surface area (Å²) in [5, 5.41) is 17.0. The zero-order valence-corrected chi connectivity index (χ0v) is 29.7. The lowest BCUT2D eigenvalue weighted by Crippen LogP contribution is -2.44. The van der Waals surface area contributed by atoms with E-state index in [9.17, 15) is 24.3 Å². The minimum Gasteiger partial charge on any atom is -0.480 e. The van der Waals surface area contributed by atoms with Crippen LogP contribution in [0.3, 0.4) is 0 Å². The molecule has 0 saturated heterocycles. The van der Waals surface area contributed by atoms with Crippen molar-refractivity contribution in [3.63, 3.8) is 0 Å². The molecule has 0 spiro atoms. The topological polar surface area (TPSA) is 134 Å². The van der Waals surface area contributed by atoms with E-state index in [1.807, 2.05) is 31.2 Å². The standard InChI is InChI=1S/C41H45N3O6S/c1-27-16-18-28(19-17-27)9-8-15-37(45)43-25-29-20-22-30(23-21-29)39(46)44-36(38(51)40(47)48)14-6-7-24-42-41(49)50-26-35-33-12-4-2-10-31(33)32-11-3-5-13-34(32)35/h2-5,10-13,16-23,35-36,38,51H,6-9,14-15,24-26H2,1H3,(H,42,49)(H,43,45)(H,44,46)(H,47,48). The van der Waals surface area contributed by atoms with Crippen molar-refractivity contribution in [2.24, 2.45) is 0 Å². The van der Waals surface area contributed by atoms with Crippen molar-refractivity contribution in [3.05, 3.63) is 130 Å². The van der Waals surface area contributed by atoms with Gasteiger partial charge in [-0.3, -0.25) is 14.4 Å². The Kier molecular flexibility index (Phi) is 13.3. The predicted octanol–water partition coefficient (Wildman–Crippen LogP) is 6.82. The lowest BCUT2D eigenvalue weighted by Gasteiger charge is -2.22. The van der Waals surface area contributed by atoms with Crippen LogP contribution in [0.4, 0.5) is 4.79 Å². The largest absolute Gasteiger partial charge is 0.480 e. The molecular formula is C41H45N3O6S. The molecule has 0 bridgehead atoms. The molecule has 0 radical (unpaired) electrons. The fourth-order valence-electron chi connectivity index (χ4n) is 6.33. The number of thiol groups is 1. The Hall–Kier alpha value is -5.09. The van der Waals surface area contributed by atoms with Crippen LogP contribution in [0.5, 0.6) is 0 Å². The lowest BCUT2D eigenvalue weighted by atomic mass is 9.98. The molecule has 4 N–H and O–H groups in total. The molecule has 266 valence electrons. The minimum absolute atomic E-state index is 0.0298. The summed E-state index contributed by atoms with van der Waals surface area (Å²) >= 11 is 4.24. The van der Waals surface area contributed by atoms with Crippen LogP contribution in [0.2, 0.25) is 0 Å². The Morgan fingerprint density at radius 2 is 1.41 bits per heavy atom. The number of nitrogens with one attached hydrogen (secondary N) is 3. The number of carboxylic acid groups (broad SMARTS) is 1. The van der Waals surface area contributed by atoms with E-state index in [0.29, 0.717) is 44.3 Å². The summed E-state index contributed by atoms with van der Waals surface area (Å²) in [6.45, 7) is 2.95. The van der Waals surface area contributed by atoms with Gasteiger partial charge in [-0.1, -0.05) is 90.5 Å². The number of rotatable bonds is 17. The normalized spacial score (nSPS) is 13.0. The van der Waals surface area contributed by atoms with E-state index >= 15 is 0 Å². The number of benzene rings is 4. The number of unbranched alkanes of at least 4 members (excludes halogenated alkanes) is 1. The third-order valence-corrected chi connectivity index (χ3v) is 9.78. The maximum Gasteiger partial charge on any atom is 0.407 e. The van der Waals surface area contributed by atoms with Crippen LogP contribution in [0.1, 0.15) is 76.2 Å². The molecule has 0 aromatic heterocycles. The third kappa shape index (κ3) is 10.5. The molecule has 4 aromatic carbocycles. The average Bonchev–Trinajstić information content (AvgIpc) is 3.46. The summed E-state index contributed by atoms with van der Waals surface area (Å²) in [6.07, 6.45) is 2.97. The van der Waals surface area contributed by atoms with Crippen molar-refractivity contribution >= 4 is 36.5 Å². The molecule has 3 amide bonds. The predicted molar refractivity (Wildman–Crippen MR) is 201 cm³/mol. The fourth-order valence-corrected chi connectivity index (χ4v) is 6.56. The van der Waals surface area contributed by atoms with Gasteiger partial charge in [-0.25, -0.2) is 4.79 Å². The Balaban J connectivity index is 1.01. The molecule has 0 aliphatic heterocycles. The minimum atomic E-state index is -1.13. The summed E-state index contributed by atoms with van der Waals surface area (Å²) in [6, 6.07) is 30.7. The number of hydrogen-bond acceptors (Lipinski definition) is 6. The van der Waals surface area contributed by atoms with E-state index in [2.05, 4.69) is 77.1 Å². The molecule has 1 aliphatic carbocycles. The molecule has 0 fully saturated rings. The van der Waals surface area contributed by atoms with Crippen molar-refractivity contribution in [2.45, 2.75) is 69.2 Å². The van der Waals surface area contributed by atoms with Crippen LogP contribution in [0, 0.1) is 6.92 Å². The van der Waals surface area contributed by atoms with Crippen LogP contribution in [-0.2, 0) is 27.3 Å². The highest BCUT2D eigenvalue weighted by atomic mass is 32.1. The first kappa shape index (κ1) is 37.2. The molecule has 2 atom stereocenters. The van der Waals surface area contributed by atoms with E-state index in [0.717, 1.165) is 40.7 Å². The number of carbonyl (C=O) groups excluding carboxylic acids is 3. The first-order valence-corrected chi connectivity index (χ1v) is 17.9. The second kappa shape index (κ2) is 18.2. The van der Waals surface area contributed by atoms with Crippen LogP contribution in [0.25, 0.3) is 11.1 Å². The van der Waals surface area contributed by atoms with Gasteiger partial charge in [0.2, 0.25) is 5.91 Å². The van der Waals surface area contributed by atoms with Crippen LogP contribution >= 0.6 is 12.6 Å². The maximum atomic E-state index is 13.0. The summed E-state index contributed by atoms with van der Waals surface area (Å²) in [4.78, 5) is 49.7. The second-order valence-electron chi connectivity index (χ2n) is 12.9. The average molecular weight is 708 g/mol. The summed E-state index contributed by atoms with van der Waals surface area (Å²) < 4.78 is 5.59. The SMILES string of the molecule is Cc1ccc(CCCC(=O)NCc2ccc(C(=O)NC(CCCCNC(=O)OCC3c4ccccc4-c4ccccc43)C(S)C(=O)O)cc2)cc1. The van der Waals surface area contributed by atoms with Crippen molar-refractivity contribution in [1.82, 2.24) is 16.0 Å². The molecule has 0 heterocycles.